The van der Waals surface area contributed by atoms with Gasteiger partial charge in [-0.1, -0.05) is 11.6 Å². The second-order valence-corrected chi connectivity index (χ2v) is 6.64. The molecule has 1 aromatic rings. The lowest BCUT2D eigenvalue weighted by Gasteiger charge is -2.40. The van der Waals surface area contributed by atoms with E-state index in [2.05, 4.69) is 4.90 Å². The second-order valence-electron chi connectivity index (χ2n) is 6.20. The maximum absolute atomic E-state index is 13.0. The van der Waals surface area contributed by atoms with E-state index in [4.69, 9.17) is 17.3 Å². The van der Waals surface area contributed by atoms with Gasteiger partial charge < -0.3 is 15.7 Å². The number of piperidine rings is 1. The van der Waals surface area contributed by atoms with Crippen molar-refractivity contribution >= 4 is 23.2 Å². The topological polar surface area (TPSA) is 69.8 Å². The Morgan fingerprint density at radius 3 is 2.68 bits per heavy atom. The van der Waals surface area contributed by atoms with Crippen molar-refractivity contribution in [3.8, 4) is 0 Å². The molecule has 0 bridgehead atoms. The summed E-state index contributed by atoms with van der Waals surface area (Å²) >= 11 is 6.17. The van der Waals surface area contributed by atoms with E-state index in [0.29, 0.717) is 11.6 Å². The number of hydrogen-bond donors (Lipinski definition) is 2. The fourth-order valence-electron chi connectivity index (χ4n) is 3.73. The van der Waals surface area contributed by atoms with E-state index in [1.165, 1.54) is 0 Å². The number of anilines is 1. The van der Waals surface area contributed by atoms with E-state index in [9.17, 15) is 9.90 Å². The standard InChI is InChI=1S/C16H22ClN3O2/c1-11(18)19-6-4-16(5-7-19)13-10-12(17)2-3-14(13)20(8-9-21)15(16)22/h2-3,10-11,21H,4-9,18H2,1H3/t11-/m0/s1. The molecule has 2 heterocycles. The van der Waals surface area contributed by atoms with Crippen molar-refractivity contribution in [1.82, 2.24) is 4.90 Å². The Balaban J connectivity index is 1.99. The van der Waals surface area contributed by atoms with Crippen LogP contribution in [0.15, 0.2) is 18.2 Å². The first-order valence-corrected chi connectivity index (χ1v) is 8.10. The third-order valence-electron chi connectivity index (χ3n) is 4.97. The van der Waals surface area contributed by atoms with Crippen LogP contribution in [0.25, 0.3) is 0 Å². The third kappa shape index (κ3) is 2.33. The Hall–Kier alpha value is -1.14. The van der Waals surface area contributed by atoms with Gasteiger partial charge in [0.1, 0.15) is 0 Å². The SMILES string of the molecule is C[C@@H](N)N1CCC2(CC1)C(=O)N(CCO)c1ccc(Cl)cc12. The van der Waals surface area contributed by atoms with Crippen LogP contribution in [0, 0.1) is 0 Å². The second kappa shape index (κ2) is 5.81. The summed E-state index contributed by atoms with van der Waals surface area (Å²) in [5.74, 6) is 0.0862. The molecule has 22 heavy (non-hydrogen) atoms. The molecule has 5 nitrogen and oxygen atoms in total. The highest BCUT2D eigenvalue weighted by Crippen LogP contribution is 2.48. The minimum absolute atomic E-state index is 0.00114. The molecule has 6 heteroatoms. The van der Waals surface area contributed by atoms with Gasteiger partial charge in [-0.15, -0.1) is 0 Å². The van der Waals surface area contributed by atoms with Gasteiger partial charge in [0.15, 0.2) is 0 Å². The lowest BCUT2D eigenvalue weighted by molar-refractivity contribution is -0.125. The first-order valence-electron chi connectivity index (χ1n) is 7.72. The van der Waals surface area contributed by atoms with Crippen molar-refractivity contribution in [3.63, 3.8) is 0 Å². The van der Waals surface area contributed by atoms with Gasteiger partial charge in [-0.2, -0.15) is 0 Å². The van der Waals surface area contributed by atoms with Gasteiger partial charge in [-0.05, 0) is 43.5 Å². The zero-order chi connectivity index (χ0) is 15.9. The minimum atomic E-state index is -0.513. The number of halogens is 1. The van der Waals surface area contributed by atoms with E-state index >= 15 is 0 Å². The van der Waals surface area contributed by atoms with Gasteiger partial charge in [0.25, 0.3) is 0 Å². The number of hydrogen-bond acceptors (Lipinski definition) is 4. The van der Waals surface area contributed by atoms with Gasteiger partial charge >= 0.3 is 0 Å². The molecule has 120 valence electrons. The van der Waals surface area contributed by atoms with Crippen molar-refractivity contribution in [2.75, 3.05) is 31.1 Å². The van der Waals surface area contributed by atoms with Gasteiger partial charge in [0.05, 0.1) is 18.2 Å². The number of likely N-dealkylation sites (tertiary alicyclic amines) is 1. The van der Waals surface area contributed by atoms with Crippen LogP contribution in [-0.2, 0) is 10.2 Å². The molecular weight excluding hydrogens is 302 g/mol. The number of carbonyl (C=O) groups is 1. The summed E-state index contributed by atoms with van der Waals surface area (Å²) in [7, 11) is 0. The Morgan fingerprint density at radius 2 is 2.09 bits per heavy atom. The van der Waals surface area contributed by atoms with Crippen molar-refractivity contribution in [3.05, 3.63) is 28.8 Å². The normalized spacial score (nSPS) is 22.2. The summed E-state index contributed by atoms with van der Waals surface area (Å²) in [5, 5.41) is 9.93. The van der Waals surface area contributed by atoms with Crippen LogP contribution in [0.4, 0.5) is 5.69 Å². The lowest BCUT2D eigenvalue weighted by Crippen LogP contribution is -2.52. The number of amides is 1. The number of nitrogens with zero attached hydrogens (tertiary/aromatic N) is 2. The maximum atomic E-state index is 13.0. The Labute approximate surface area is 135 Å². The molecule has 0 saturated carbocycles. The van der Waals surface area contributed by atoms with E-state index < -0.39 is 5.41 Å². The van der Waals surface area contributed by atoms with E-state index in [1.54, 1.807) is 11.0 Å². The van der Waals surface area contributed by atoms with Gasteiger partial charge in [0.2, 0.25) is 5.91 Å². The van der Waals surface area contributed by atoms with Crippen LogP contribution >= 0.6 is 11.6 Å². The molecule has 0 unspecified atom stereocenters. The molecule has 1 saturated heterocycles. The number of aliphatic hydroxyl groups is 1. The number of benzene rings is 1. The van der Waals surface area contributed by atoms with Crippen LogP contribution in [0.3, 0.4) is 0 Å². The number of β-amino-alcohol motifs (C(OH)–C–C–N with tert-alkyl or cyclic N) is 1. The van der Waals surface area contributed by atoms with Gasteiger partial charge in [-0.3, -0.25) is 9.69 Å². The number of carbonyl (C=O) groups excluding carboxylic acids is 1. The number of nitrogens with two attached hydrogens (primary N) is 1. The quantitative estimate of drug-likeness (QED) is 0.880. The van der Waals surface area contributed by atoms with E-state index in [0.717, 1.165) is 37.2 Å². The third-order valence-corrected chi connectivity index (χ3v) is 5.21. The Morgan fingerprint density at radius 1 is 1.41 bits per heavy atom. The van der Waals surface area contributed by atoms with Crippen LogP contribution < -0.4 is 10.6 Å². The molecule has 2 aliphatic rings. The smallest absolute Gasteiger partial charge is 0.237 e. The minimum Gasteiger partial charge on any atom is -0.395 e. The van der Waals surface area contributed by atoms with Crippen molar-refractivity contribution < 1.29 is 9.90 Å². The molecule has 1 aromatic carbocycles. The Bertz CT molecular complexity index is 583. The van der Waals surface area contributed by atoms with Crippen LogP contribution in [0.1, 0.15) is 25.3 Å². The summed E-state index contributed by atoms with van der Waals surface area (Å²) in [6.07, 6.45) is 1.48. The predicted octanol–water partition coefficient (Wildman–Crippen LogP) is 1.32. The molecule has 1 spiro atoms. The summed E-state index contributed by atoms with van der Waals surface area (Å²) in [6.45, 7) is 3.84. The van der Waals surface area contributed by atoms with Gasteiger partial charge in [-0.25, -0.2) is 0 Å². The largest absolute Gasteiger partial charge is 0.395 e. The molecular formula is C16H22ClN3O2. The highest BCUT2D eigenvalue weighted by atomic mass is 35.5. The monoisotopic (exact) mass is 323 g/mol. The number of fused-ring (bicyclic) bond motifs is 2. The molecule has 0 aromatic heterocycles. The number of aliphatic hydroxyl groups excluding tert-OH is 1. The van der Waals surface area contributed by atoms with E-state index in [-0.39, 0.29) is 18.7 Å². The summed E-state index contributed by atoms with van der Waals surface area (Å²) in [6, 6.07) is 5.60. The zero-order valence-electron chi connectivity index (χ0n) is 12.8. The summed E-state index contributed by atoms with van der Waals surface area (Å²) < 4.78 is 0. The molecule has 0 radical (unpaired) electrons. The van der Waals surface area contributed by atoms with Crippen LogP contribution in [-0.4, -0.2) is 48.3 Å². The maximum Gasteiger partial charge on any atom is 0.237 e. The molecule has 1 amide bonds. The molecule has 1 atom stereocenters. The van der Waals surface area contributed by atoms with Crippen molar-refractivity contribution in [1.29, 1.82) is 0 Å². The number of rotatable bonds is 3. The molecule has 3 N–H and O–H groups in total. The highest BCUT2D eigenvalue weighted by Gasteiger charge is 2.52. The van der Waals surface area contributed by atoms with Crippen LogP contribution in [0.5, 0.6) is 0 Å². The predicted molar refractivity (Wildman–Crippen MR) is 87.0 cm³/mol. The highest BCUT2D eigenvalue weighted by molar-refractivity contribution is 6.31. The molecule has 0 aliphatic carbocycles. The van der Waals surface area contributed by atoms with Crippen molar-refractivity contribution in [2.45, 2.75) is 31.3 Å². The Kier molecular flexibility index (Phi) is 4.16. The lowest BCUT2D eigenvalue weighted by atomic mass is 9.73. The molecule has 1 fully saturated rings. The van der Waals surface area contributed by atoms with Crippen molar-refractivity contribution in [2.24, 2.45) is 5.73 Å². The first kappa shape index (κ1) is 15.7. The van der Waals surface area contributed by atoms with E-state index in [1.807, 2.05) is 19.1 Å². The fraction of sp³-hybridized carbons (Fsp3) is 0.562. The summed E-state index contributed by atoms with van der Waals surface area (Å²) in [5.41, 5.74) is 7.34. The molecule has 3 rings (SSSR count). The average Bonchev–Trinajstić information content (AvgIpc) is 2.71. The fourth-order valence-corrected chi connectivity index (χ4v) is 3.90. The first-order chi connectivity index (χ1) is 10.5. The molecule has 2 aliphatic heterocycles. The average molecular weight is 324 g/mol. The van der Waals surface area contributed by atoms with Gasteiger partial charge in [0, 0.05) is 30.3 Å². The van der Waals surface area contributed by atoms with Crippen LogP contribution in [0.2, 0.25) is 5.02 Å². The zero-order valence-corrected chi connectivity index (χ0v) is 13.5. The summed E-state index contributed by atoms with van der Waals surface area (Å²) in [4.78, 5) is 16.9.